The minimum atomic E-state index is -0.220. The molecule has 2 amide bonds. The van der Waals surface area contributed by atoms with Gasteiger partial charge in [0.25, 0.3) is 0 Å². The summed E-state index contributed by atoms with van der Waals surface area (Å²) in [6, 6.07) is 7.04. The first-order valence-corrected chi connectivity index (χ1v) is 8.28. The standard InChI is InChI=1S/C17H23N3O4/c1-23-14-4-2-3-13(11-14)19-17(22)18-12-5-8-20(9-6-12)15-7-10-24-16(15)21/h2-4,11-12,15H,5-10H2,1H3,(H2,18,19,22). The number of urea groups is 1. The molecule has 1 aromatic rings. The SMILES string of the molecule is COc1cccc(NC(=O)NC2CCN(C3CCOC3=O)CC2)c1. The molecule has 1 atom stereocenters. The number of carbonyl (C=O) groups excluding carboxylic acids is 2. The third kappa shape index (κ3) is 3.97. The topological polar surface area (TPSA) is 79.9 Å². The van der Waals surface area contributed by atoms with Crippen LogP contribution in [0, 0.1) is 0 Å². The summed E-state index contributed by atoms with van der Waals surface area (Å²) in [5.74, 6) is 0.585. The van der Waals surface area contributed by atoms with Crippen LogP contribution >= 0.6 is 0 Å². The molecule has 2 aliphatic rings. The van der Waals surface area contributed by atoms with E-state index in [-0.39, 0.29) is 24.1 Å². The average molecular weight is 333 g/mol. The molecule has 0 aromatic heterocycles. The molecule has 0 saturated carbocycles. The average Bonchev–Trinajstić information content (AvgIpc) is 3.01. The summed E-state index contributed by atoms with van der Waals surface area (Å²) in [6.07, 6.45) is 2.43. The van der Waals surface area contributed by atoms with Gasteiger partial charge in [-0.3, -0.25) is 9.69 Å². The number of methoxy groups -OCH3 is 1. The quantitative estimate of drug-likeness (QED) is 0.818. The highest BCUT2D eigenvalue weighted by atomic mass is 16.5. The number of anilines is 1. The molecular weight excluding hydrogens is 310 g/mol. The van der Waals surface area contributed by atoms with Crippen LogP contribution in [0.1, 0.15) is 19.3 Å². The van der Waals surface area contributed by atoms with Gasteiger partial charge in [0.05, 0.1) is 13.7 Å². The molecule has 3 rings (SSSR count). The number of benzene rings is 1. The van der Waals surface area contributed by atoms with Crippen LogP contribution in [0.2, 0.25) is 0 Å². The van der Waals surface area contributed by atoms with Gasteiger partial charge in [0.1, 0.15) is 11.8 Å². The van der Waals surface area contributed by atoms with Crippen LogP contribution < -0.4 is 15.4 Å². The van der Waals surface area contributed by atoms with Crippen molar-refractivity contribution in [1.29, 1.82) is 0 Å². The number of hydrogen-bond donors (Lipinski definition) is 2. The monoisotopic (exact) mass is 333 g/mol. The van der Waals surface area contributed by atoms with E-state index in [0.29, 0.717) is 18.0 Å². The number of piperidine rings is 1. The molecule has 7 heteroatoms. The number of likely N-dealkylation sites (tertiary alicyclic amines) is 1. The minimum absolute atomic E-state index is 0.100. The van der Waals surface area contributed by atoms with Crippen molar-refractivity contribution in [1.82, 2.24) is 10.2 Å². The van der Waals surface area contributed by atoms with E-state index in [0.717, 1.165) is 32.4 Å². The van der Waals surface area contributed by atoms with E-state index < -0.39 is 0 Å². The highest BCUT2D eigenvalue weighted by molar-refractivity contribution is 5.89. The predicted molar refractivity (Wildman–Crippen MR) is 89.1 cm³/mol. The fourth-order valence-corrected chi connectivity index (χ4v) is 3.23. The molecule has 2 fully saturated rings. The maximum Gasteiger partial charge on any atom is 0.323 e. The maximum atomic E-state index is 12.1. The summed E-state index contributed by atoms with van der Waals surface area (Å²) in [7, 11) is 1.59. The van der Waals surface area contributed by atoms with Crippen molar-refractivity contribution < 1.29 is 19.1 Å². The fourth-order valence-electron chi connectivity index (χ4n) is 3.23. The lowest BCUT2D eigenvalue weighted by molar-refractivity contribution is -0.142. The minimum Gasteiger partial charge on any atom is -0.497 e. The molecule has 0 radical (unpaired) electrons. The summed E-state index contributed by atoms with van der Waals surface area (Å²) in [5.41, 5.74) is 0.693. The Bertz CT molecular complexity index is 599. The van der Waals surface area contributed by atoms with Crippen molar-refractivity contribution >= 4 is 17.7 Å². The van der Waals surface area contributed by atoms with Crippen molar-refractivity contribution in [3.63, 3.8) is 0 Å². The Labute approximate surface area is 141 Å². The van der Waals surface area contributed by atoms with Crippen LogP contribution in [0.4, 0.5) is 10.5 Å². The normalized spacial score (nSPS) is 22.0. The van der Waals surface area contributed by atoms with E-state index in [9.17, 15) is 9.59 Å². The van der Waals surface area contributed by atoms with E-state index in [1.807, 2.05) is 18.2 Å². The summed E-state index contributed by atoms with van der Waals surface area (Å²) in [5, 5.41) is 5.81. The summed E-state index contributed by atoms with van der Waals surface area (Å²) in [4.78, 5) is 25.9. The number of hydrogen-bond acceptors (Lipinski definition) is 5. The van der Waals surface area contributed by atoms with Gasteiger partial charge in [0.15, 0.2) is 0 Å². The molecule has 7 nitrogen and oxygen atoms in total. The van der Waals surface area contributed by atoms with Crippen molar-refractivity contribution in [2.24, 2.45) is 0 Å². The molecule has 0 bridgehead atoms. The Balaban J connectivity index is 1.45. The first-order chi connectivity index (χ1) is 11.7. The molecule has 24 heavy (non-hydrogen) atoms. The van der Waals surface area contributed by atoms with Gasteiger partial charge in [0, 0.05) is 37.3 Å². The van der Waals surface area contributed by atoms with Crippen molar-refractivity contribution in [3.8, 4) is 5.75 Å². The Kier molecular flexibility index (Phi) is 5.20. The van der Waals surface area contributed by atoms with Crippen molar-refractivity contribution in [2.75, 3.05) is 32.1 Å². The molecule has 1 aromatic carbocycles. The number of cyclic esters (lactones) is 1. The number of esters is 1. The van der Waals surface area contributed by atoms with Crippen LogP contribution in [-0.2, 0) is 9.53 Å². The molecular formula is C17H23N3O4. The van der Waals surface area contributed by atoms with E-state index >= 15 is 0 Å². The Morgan fingerprint density at radius 3 is 2.75 bits per heavy atom. The second-order valence-corrected chi connectivity index (χ2v) is 6.11. The molecule has 2 aliphatic heterocycles. The molecule has 2 N–H and O–H groups in total. The number of nitrogens with one attached hydrogen (secondary N) is 2. The van der Waals surface area contributed by atoms with Crippen LogP contribution in [0.3, 0.4) is 0 Å². The number of rotatable bonds is 4. The van der Waals surface area contributed by atoms with Gasteiger partial charge in [-0.1, -0.05) is 6.07 Å². The Morgan fingerprint density at radius 2 is 2.08 bits per heavy atom. The van der Waals surface area contributed by atoms with Crippen LogP contribution in [-0.4, -0.2) is 55.8 Å². The lowest BCUT2D eigenvalue weighted by atomic mass is 10.0. The lowest BCUT2D eigenvalue weighted by Gasteiger charge is -2.34. The van der Waals surface area contributed by atoms with Crippen LogP contribution in [0.5, 0.6) is 5.75 Å². The lowest BCUT2D eigenvalue weighted by Crippen LogP contribution is -2.49. The largest absolute Gasteiger partial charge is 0.497 e. The maximum absolute atomic E-state index is 12.1. The van der Waals surface area contributed by atoms with Gasteiger partial charge < -0.3 is 20.1 Å². The smallest absolute Gasteiger partial charge is 0.323 e. The number of nitrogens with zero attached hydrogens (tertiary/aromatic N) is 1. The van der Waals surface area contributed by atoms with E-state index in [4.69, 9.17) is 9.47 Å². The van der Waals surface area contributed by atoms with Crippen LogP contribution in [0.25, 0.3) is 0 Å². The molecule has 0 spiro atoms. The van der Waals surface area contributed by atoms with Gasteiger partial charge in [-0.15, -0.1) is 0 Å². The molecule has 2 heterocycles. The molecule has 2 saturated heterocycles. The summed E-state index contributed by atoms with van der Waals surface area (Å²) in [6.45, 7) is 2.11. The van der Waals surface area contributed by atoms with Gasteiger partial charge >= 0.3 is 12.0 Å². The Morgan fingerprint density at radius 1 is 1.29 bits per heavy atom. The van der Waals surface area contributed by atoms with Gasteiger partial charge in [-0.25, -0.2) is 4.79 Å². The number of amides is 2. The first kappa shape index (κ1) is 16.6. The van der Waals surface area contributed by atoms with E-state index in [2.05, 4.69) is 15.5 Å². The second-order valence-electron chi connectivity index (χ2n) is 6.11. The molecule has 1 unspecified atom stereocenters. The van der Waals surface area contributed by atoms with Crippen molar-refractivity contribution in [2.45, 2.75) is 31.3 Å². The summed E-state index contributed by atoms with van der Waals surface area (Å²) < 4.78 is 10.2. The van der Waals surface area contributed by atoms with E-state index in [1.54, 1.807) is 13.2 Å². The number of carbonyl (C=O) groups is 2. The first-order valence-electron chi connectivity index (χ1n) is 8.28. The highest BCUT2D eigenvalue weighted by Gasteiger charge is 2.34. The zero-order valence-corrected chi connectivity index (χ0v) is 13.8. The fraction of sp³-hybridized carbons (Fsp3) is 0.529. The van der Waals surface area contributed by atoms with Gasteiger partial charge in [-0.2, -0.15) is 0 Å². The predicted octanol–water partition coefficient (Wildman–Crippen LogP) is 1.60. The highest BCUT2D eigenvalue weighted by Crippen LogP contribution is 2.20. The summed E-state index contributed by atoms with van der Waals surface area (Å²) >= 11 is 0. The number of ether oxygens (including phenoxy) is 2. The van der Waals surface area contributed by atoms with Gasteiger partial charge in [0.2, 0.25) is 0 Å². The molecule has 130 valence electrons. The van der Waals surface area contributed by atoms with Gasteiger partial charge in [-0.05, 0) is 25.0 Å². The Hall–Kier alpha value is -2.28. The van der Waals surface area contributed by atoms with Crippen molar-refractivity contribution in [3.05, 3.63) is 24.3 Å². The zero-order chi connectivity index (χ0) is 16.9. The second kappa shape index (κ2) is 7.53. The zero-order valence-electron chi connectivity index (χ0n) is 13.8. The van der Waals surface area contributed by atoms with Crippen LogP contribution in [0.15, 0.2) is 24.3 Å². The van der Waals surface area contributed by atoms with E-state index in [1.165, 1.54) is 0 Å². The molecule has 0 aliphatic carbocycles. The third-order valence-corrected chi connectivity index (χ3v) is 4.54. The third-order valence-electron chi connectivity index (χ3n) is 4.54.